The maximum Gasteiger partial charge on any atom is 0.264 e. The first kappa shape index (κ1) is 19.3. The number of amidine groups is 1. The molecule has 1 heterocycles. The van der Waals surface area contributed by atoms with Gasteiger partial charge in [-0.05, 0) is 53.7 Å². The van der Waals surface area contributed by atoms with Crippen molar-refractivity contribution < 1.29 is 9.53 Å². The molecule has 0 atom stereocenters. The molecule has 1 saturated heterocycles. The number of hydrogen-bond acceptors (Lipinski definition) is 4. The Morgan fingerprint density at radius 3 is 2.48 bits per heavy atom. The minimum absolute atomic E-state index is 0.169. The molecule has 1 aliphatic heterocycles. The number of aliphatic imine (C=N–C) groups is 1. The Hall–Kier alpha value is -3.02. The predicted molar refractivity (Wildman–Crippen MR) is 119 cm³/mol. The largest absolute Gasteiger partial charge is 0.488 e. The van der Waals surface area contributed by atoms with Crippen LogP contribution in [0.3, 0.4) is 0 Å². The number of amides is 1. The molecule has 0 radical (unpaired) electrons. The molecule has 4 rings (SSSR count). The van der Waals surface area contributed by atoms with Crippen molar-refractivity contribution in [3.63, 3.8) is 0 Å². The van der Waals surface area contributed by atoms with E-state index in [4.69, 9.17) is 16.3 Å². The monoisotopic (exact) mass is 420 g/mol. The van der Waals surface area contributed by atoms with Crippen molar-refractivity contribution in [2.75, 3.05) is 0 Å². The van der Waals surface area contributed by atoms with Crippen LogP contribution in [-0.2, 0) is 11.4 Å². The van der Waals surface area contributed by atoms with E-state index in [9.17, 15) is 4.79 Å². The first-order chi connectivity index (χ1) is 14.2. The van der Waals surface area contributed by atoms with Crippen molar-refractivity contribution in [1.82, 2.24) is 5.32 Å². The zero-order valence-corrected chi connectivity index (χ0v) is 16.9. The Kier molecular flexibility index (Phi) is 5.98. The number of rotatable bonds is 5. The van der Waals surface area contributed by atoms with Gasteiger partial charge >= 0.3 is 0 Å². The van der Waals surface area contributed by atoms with Crippen molar-refractivity contribution in [2.45, 2.75) is 6.61 Å². The van der Waals surface area contributed by atoms with Gasteiger partial charge in [0.15, 0.2) is 5.17 Å². The Labute approximate surface area is 178 Å². The van der Waals surface area contributed by atoms with Gasteiger partial charge in [0.1, 0.15) is 12.4 Å². The van der Waals surface area contributed by atoms with E-state index in [-0.39, 0.29) is 5.91 Å². The minimum atomic E-state index is -0.169. The van der Waals surface area contributed by atoms with E-state index < -0.39 is 0 Å². The summed E-state index contributed by atoms with van der Waals surface area (Å²) in [7, 11) is 0. The third-order valence-electron chi connectivity index (χ3n) is 4.15. The normalized spacial score (nSPS) is 16.2. The highest BCUT2D eigenvalue weighted by atomic mass is 35.5. The van der Waals surface area contributed by atoms with Gasteiger partial charge in [-0.15, -0.1) is 0 Å². The number of benzene rings is 3. The molecule has 0 unspecified atom stereocenters. The molecule has 144 valence electrons. The van der Waals surface area contributed by atoms with Crippen molar-refractivity contribution in [3.8, 4) is 5.75 Å². The van der Waals surface area contributed by atoms with Gasteiger partial charge in [-0.3, -0.25) is 4.79 Å². The molecule has 1 N–H and O–H groups in total. The summed E-state index contributed by atoms with van der Waals surface area (Å²) in [6, 6.07) is 24.7. The highest BCUT2D eigenvalue weighted by Gasteiger charge is 2.24. The fourth-order valence-corrected chi connectivity index (χ4v) is 3.67. The third kappa shape index (κ3) is 5.08. The molecule has 0 spiro atoms. The SMILES string of the molecule is O=C1NC(=Nc2ccccc2)S/C1=C\c1ccccc1OCc1ccc(Cl)cc1. The molecule has 0 bridgehead atoms. The van der Waals surface area contributed by atoms with Crippen LogP contribution in [0.4, 0.5) is 5.69 Å². The van der Waals surface area contributed by atoms with E-state index in [1.807, 2.05) is 84.9 Å². The summed E-state index contributed by atoms with van der Waals surface area (Å²) >= 11 is 7.24. The predicted octanol–water partition coefficient (Wildman–Crippen LogP) is 5.81. The molecule has 0 aliphatic carbocycles. The van der Waals surface area contributed by atoms with E-state index in [0.717, 1.165) is 16.8 Å². The van der Waals surface area contributed by atoms with Gasteiger partial charge in [-0.1, -0.05) is 60.1 Å². The summed E-state index contributed by atoms with van der Waals surface area (Å²) in [5.74, 6) is 0.536. The number of hydrogen-bond donors (Lipinski definition) is 1. The smallest absolute Gasteiger partial charge is 0.264 e. The minimum Gasteiger partial charge on any atom is -0.488 e. The van der Waals surface area contributed by atoms with Crippen LogP contribution in [0.25, 0.3) is 6.08 Å². The molecule has 3 aromatic carbocycles. The molecular formula is C23H17ClN2O2S. The van der Waals surface area contributed by atoms with Gasteiger partial charge in [-0.2, -0.15) is 0 Å². The second-order valence-electron chi connectivity index (χ2n) is 6.27. The summed E-state index contributed by atoms with van der Waals surface area (Å²) in [4.78, 5) is 17.4. The second kappa shape index (κ2) is 8.99. The number of para-hydroxylation sites is 2. The number of nitrogens with one attached hydrogen (secondary N) is 1. The number of carbonyl (C=O) groups excluding carboxylic acids is 1. The highest BCUT2D eigenvalue weighted by molar-refractivity contribution is 8.18. The fourth-order valence-electron chi connectivity index (χ4n) is 2.71. The molecular weight excluding hydrogens is 404 g/mol. The summed E-state index contributed by atoms with van der Waals surface area (Å²) in [6.07, 6.45) is 1.82. The van der Waals surface area contributed by atoms with E-state index in [1.165, 1.54) is 11.8 Å². The zero-order chi connectivity index (χ0) is 20.1. The topological polar surface area (TPSA) is 50.7 Å². The van der Waals surface area contributed by atoms with E-state index in [0.29, 0.717) is 27.5 Å². The van der Waals surface area contributed by atoms with E-state index >= 15 is 0 Å². The van der Waals surface area contributed by atoms with Gasteiger partial charge in [0, 0.05) is 10.6 Å². The molecule has 6 heteroatoms. The highest BCUT2D eigenvalue weighted by Crippen LogP contribution is 2.30. The lowest BCUT2D eigenvalue weighted by molar-refractivity contribution is -0.115. The lowest BCUT2D eigenvalue weighted by Crippen LogP contribution is -2.19. The van der Waals surface area contributed by atoms with Crippen LogP contribution in [0.1, 0.15) is 11.1 Å². The van der Waals surface area contributed by atoms with Crippen LogP contribution < -0.4 is 10.1 Å². The van der Waals surface area contributed by atoms with Gasteiger partial charge in [0.2, 0.25) is 0 Å². The van der Waals surface area contributed by atoms with Crippen molar-refractivity contribution in [3.05, 3.63) is 99.9 Å². The van der Waals surface area contributed by atoms with Gasteiger partial charge < -0.3 is 10.1 Å². The van der Waals surface area contributed by atoms with Crippen molar-refractivity contribution in [2.24, 2.45) is 4.99 Å². The standard InChI is InChI=1S/C23H17ClN2O2S/c24-18-12-10-16(11-13-18)15-28-20-9-5-4-6-17(20)14-21-22(27)26-23(29-21)25-19-7-2-1-3-8-19/h1-14H,15H2,(H,25,26,27)/b21-14-. The van der Waals surface area contributed by atoms with Crippen LogP contribution in [0.2, 0.25) is 5.02 Å². The Bertz CT molecular complexity index is 1080. The zero-order valence-electron chi connectivity index (χ0n) is 15.3. The van der Waals surface area contributed by atoms with E-state index in [2.05, 4.69) is 10.3 Å². The maximum absolute atomic E-state index is 12.4. The Balaban J connectivity index is 1.51. The third-order valence-corrected chi connectivity index (χ3v) is 5.31. The fraction of sp³-hybridized carbons (Fsp3) is 0.0435. The molecule has 0 aromatic heterocycles. The molecule has 1 fully saturated rings. The van der Waals surface area contributed by atoms with Crippen LogP contribution in [0.5, 0.6) is 5.75 Å². The van der Waals surface area contributed by atoms with Gasteiger partial charge in [0.25, 0.3) is 5.91 Å². The quantitative estimate of drug-likeness (QED) is 0.530. The van der Waals surface area contributed by atoms with Gasteiger partial charge in [0.05, 0.1) is 10.6 Å². The molecule has 29 heavy (non-hydrogen) atoms. The maximum atomic E-state index is 12.4. The summed E-state index contributed by atoms with van der Waals surface area (Å²) < 4.78 is 5.97. The van der Waals surface area contributed by atoms with E-state index in [1.54, 1.807) is 0 Å². The first-order valence-corrected chi connectivity index (χ1v) is 10.2. The number of ether oxygens (including phenoxy) is 1. The Morgan fingerprint density at radius 1 is 0.966 bits per heavy atom. The van der Waals surface area contributed by atoms with Crippen LogP contribution >= 0.6 is 23.4 Å². The Morgan fingerprint density at radius 2 is 1.69 bits per heavy atom. The van der Waals surface area contributed by atoms with Crippen LogP contribution in [0.15, 0.2) is 88.8 Å². The lowest BCUT2D eigenvalue weighted by atomic mass is 10.2. The van der Waals surface area contributed by atoms with Crippen LogP contribution in [0, 0.1) is 0 Å². The van der Waals surface area contributed by atoms with Crippen molar-refractivity contribution in [1.29, 1.82) is 0 Å². The molecule has 0 saturated carbocycles. The second-order valence-corrected chi connectivity index (χ2v) is 7.74. The van der Waals surface area contributed by atoms with Gasteiger partial charge in [-0.25, -0.2) is 4.99 Å². The van der Waals surface area contributed by atoms with Crippen molar-refractivity contribution >= 4 is 46.2 Å². The average Bonchev–Trinajstić information content (AvgIpc) is 3.08. The molecule has 3 aromatic rings. The lowest BCUT2D eigenvalue weighted by Gasteiger charge is -2.09. The molecule has 1 aliphatic rings. The van der Waals surface area contributed by atoms with Crippen LogP contribution in [-0.4, -0.2) is 11.1 Å². The number of carbonyl (C=O) groups is 1. The molecule has 1 amide bonds. The number of halogens is 1. The summed E-state index contributed by atoms with van der Waals surface area (Å²) in [5, 5.41) is 4.06. The average molecular weight is 421 g/mol. The summed E-state index contributed by atoms with van der Waals surface area (Å²) in [5.41, 5.74) is 2.64. The molecule has 4 nitrogen and oxygen atoms in total. The summed E-state index contributed by atoms with van der Waals surface area (Å²) in [6.45, 7) is 0.414. The number of nitrogens with zero attached hydrogens (tertiary/aromatic N) is 1. The number of thioether (sulfide) groups is 1. The first-order valence-electron chi connectivity index (χ1n) is 8.98.